The van der Waals surface area contributed by atoms with Crippen molar-refractivity contribution in [1.82, 2.24) is 0 Å². The zero-order valence-electron chi connectivity index (χ0n) is 7.58. The number of rotatable bonds is 1. The van der Waals surface area contributed by atoms with Crippen molar-refractivity contribution in [1.29, 1.82) is 0 Å². The molecule has 2 rings (SSSR count). The molecular formula is C9H16NO2+. The number of piperidine rings is 1. The second kappa shape index (κ2) is 2.73. The van der Waals surface area contributed by atoms with Crippen LogP contribution in [-0.2, 0) is 9.53 Å². The van der Waals surface area contributed by atoms with Crippen molar-refractivity contribution in [3.05, 3.63) is 0 Å². The van der Waals surface area contributed by atoms with E-state index in [1.807, 2.05) is 0 Å². The summed E-state index contributed by atoms with van der Waals surface area (Å²) in [5, 5.41) is 0. The average Bonchev–Trinajstić information content (AvgIpc) is 2.68. The highest BCUT2D eigenvalue weighted by atomic mass is 16.5. The van der Waals surface area contributed by atoms with Gasteiger partial charge in [-0.05, 0) is 6.42 Å². The predicted molar refractivity (Wildman–Crippen MR) is 44.5 cm³/mol. The SMILES string of the molecule is CC(=O)O[C@H]1CCC[N+]2(CC2)C1. The molecule has 0 aromatic carbocycles. The summed E-state index contributed by atoms with van der Waals surface area (Å²) in [6, 6.07) is 0. The molecule has 2 heterocycles. The summed E-state index contributed by atoms with van der Waals surface area (Å²) < 4.78 is 6.43. The predicted octanol–water partition coefficient (Wildman–Crippen LogP) is 0.542. The summed E-state index contributed by atoms with van der Waals surface area (Å²) in [5.74, 6) is -0.123. The fourth-order valence-electron chi connectivity index (χ4n) is 2.15. The van der Waals surface area contributed by atoms with Crippen LogP contribution in [0.25, 0.3) is 0 Å². The van der Waals surface area contributed by atoms with Gasteiger partial charge in [-0.2, -0.15) is 0 Å². The van der Waals surface area contributed by atoms with Crippen LogP contribution in [0.4, 0.5) is 0 Å². The van der Waals surface area contributed by atoms with Crippen molar-refractivity contribution in [2.75, 3.05) is 26.2 Å². The Morgan fingerprint density at radius 3 is 2.75 bits per heavy atom. The van der Waals surface area contributed by atoms with Gasteiger partial charge in [0, 0.05) is 13.3 Å². The van der Waals surface area contributed by atoms with E-state index in [4.69, 9.17) is 4.74 Å². The molecule has 2 aliphatic rings. The van der Waals surface area contributed by atoms with Gasteiger partial charge in [-0.25, -0.2) is 0 Å². The van der Waals surface area contributed by atoms with Crippen molar-refractivity contribution < 1.29 is 14.0 Å². The first kappa shape index (κ1) is 8.05. The molecule has 3 nitrogen and oxygen atoms in total. The minimum absolute atomic E-state index is 0.123. The van der Waals surface area contributed by atoms with Gasteiger partial charge in [0.05, 0.1) is 6.54 Å². The number of carbonyl (C=O) groups excluding carboxylic acids is 1. The highest BCUT2D eigenvalue weighted by Gasteiger charge is 2.46. The first-order valence-corrected chi connectivity index (χ1v) is 4.73. The summed E-state index contributed by atoms with van der Waals surface area (Å²) in [4.78, 5) is 10.7. The molecular weight excluding hydrogens is 154 g/mol. The molecule has 12 heavy (non-hydrogen) atoms. The van der Waals surface area contributed by atoms with Crippen LogP contribution < -0.4 is 0 Å². The van der Waals surface area contributed by atoms with E-state index in [2.05, 4.69) is 0 Å². The molecule has 68 valence electrons. The van der Waals surface area contributed by atoms with Crippen LogP contribution in [-0.4, -0.2) is 42.7 Å². The third-order valence-corrected chi connectivity index (χ3v) is 2.94. The van der Waals surface area contributed by atoms with Gasteiger partial charge in [0.25, 0.3) is 0 Å². The lowest BCUT2D eigenvalue weighted by atomic mass is 10.1. The number of hydrogen-bond acceptors (Lipinski definition) is 2. The van der Waals surface area contributed by atoms with Gasteiger partial charge in [-0.1, -0.05) is 0 Å². The Hall–Kier alpha value is -0.570. The minimum atomic E-state index is -0.123. The Kier molecular flexibility index (Phi) is 1.83. The quantitative estimate of drug-likeness (QED) is 0.326. The molecule has 0 unspecified atom stereocenters. The largest absolute Gasteiger partial charge is 0.457 e. The zero-order valence-corrected chi connectivity index (χ0v) is 7.58. The first-order chi connectivity index (χ1) is 5.70. The molecule has 3 heteroatoms. The van der Waals surface area contributed by atoms with Crippen molar-refractivity contribution in [2.24, 2.45) is 0 Å². The Balaban J connectivity index is 1.86. The molecule has 2 saturated heterocycles. The monoisotopic (exact) mass is 170 g/mol. The van der Waals surface area contributed by atoms with Gasteiger partial charge >= 0.3 is 5.97 Å². The lowest BCUT2D eigenvalue weighted by Gasteiger charge is -2.29. The highest BCUT2D eigenvalue weighted by molar-refractivity contribution is 5.66. The van der Waals surface area contributed by atoms with Crippen LogP contribution in [0.1, 0.15) is 19.8 Å². The zero-order chi connectivity index (χ0) is 8.60. The Labute approximate surface area is 72.9 Å². The summed E-state index contributed by atoms with van der Waals surface area (Å²) in [7, 11) is 0. The van der Waals surface area contributed by atoms with Crippen LogP contribution in [0.3, 0.4) is 0 Å². The molecule has 0 saturated carbocycles. The van der Waals surface area contributed by atoms with Crippen LogP contribution in [0, 0.1) is 0 Å². The van der Waals surface area contributed by atoms with Gasteiger partial charge in [0.2, 0.25) is 0 Å². The Morgan fingerprint density at radius 2 is 2.17 bits per heavy atom. The molecule has 0 radical (unpaired) electrons. The van der Waals surface area contributed by atoms with Crippen molar-refractivity contribution in [3.8, 4) is 0 Å². The third kappa shape index (κ3) is 1.61. The fourth-order valence-corrected chi connectivity index (χ4v) is 2.15. The summed E-state index contributed by atoms with van der Waals surface area (Å²) in [5.41, 5.74) is 0. The van der Waals surface area contributed by atoms with E-state index in [0.29, 0.717) is 0 Å². The van der Waals surface area contributed by atoms with Gasteiger partial charge < -0.3 is 9.22 Å². The molecule has 0 aromatic heterocycles. The molecule has 0 aromatic rings. The van der Waals surface area contributed by atoms with Crippen LogP contribution >= 0.6 is 0 Å². The second-order valence-electron chi connectivity index (χ2n) is 4.07. The van der Waals surface area contributed by atoms with Crippen LogP contribution in [0.15, 0.2) is 0 Å². The van der Waals surface area contributed by atoms with Crippen LogP contribution in [0.5, 0.6) is 0 Å². The normalized spacial score (nSPS) is 31.6. The standard InChI is InChI=1S/C9H16NO2/c1-8(11)12-9-3-2-4-10(7-9)5-6-10/h9H,2-7H2,1H3/q+1/t9-/m0/s1. The third-order valence-electron chi connectivity index (χ3n) is 2.94. The van der Waals surface area contributed by atoms with Gasteiger partial charge in [-0.15, -0.1) is 0 Å². The number of hydrogen-bond donors (Lipinski definition) is 0. The minimum Gasteiger partial charge on any atom is -0.457 e. The van der Waals surface area contributed by atoms with Crippen molar-refractivity contribution >= 4 is 5.97 Å². The maximum atomic E-state index is 10.7. The molecule has 0 amide bonds. The van der Waals surface area contributed by atoms with Gasteiger partial charge in [0.15, 0.2) is 6.10 Å². The number of esters is 1. The smallest absolute Gasteiger partial charge is 0.303 e. The number of carbonyl (C=O) groups is 1. The van der Waals surface area contributed by atoms with Crippen molar-refractivity contribution in [3.63, 3.8) is 0 Å². The van der Waals surface area contributed by atoms with E-state index in [1.54, 1.807) is 0 Å². The Morgan fingerprint density at radius 1 is 1.42 bits per heavy atom. The fraction of sp³-hybridized carbons (Fsp3) is 0.889. The van der Waals surface area contributed by atoms with E-state index < -0.39 is 0 Å². The van der Waals surface area contributed by atoms with E-state index in [-0.39, 0.29) is 12.1 Å². The van der Waals surface area contributed by atoms with Crippen LogP contribution in [0.2, 0.25) is 0 Å². The average molecular weight is 170 g/mol. The summed E-state index contributed by atoms with van der Waals surface area (Å²) in [6.07, 6.45) is 2.50. The number of nitrogens with zero attached hydrogens (tertiary/aromatic N) is 1. The summed E-state index contributed by atoms with van der Waals surface area (Å²) >= 11 is 0. The van der Waals surface area contributed by atoms with Gasteiger partial charge in [-0.3, -0.25) is 4.79 Å². The molecule has 0 N–H and O–H groups in total. The lowest BCUT2D eigenvalue weighted by molar-refractivity contribution is -0.809. The first-order valence-electron chi connectivity index (χ1n) is 4.73. The van der Waals surface area contributed by atoms with E-state index >= 15 is 0 Å². The molecule has 1 atom stereocenters. The van der Waals surface area contributed by atoms with E-state index in [1.165, 1.54) is 37.5 Å². The highest BCUT2D eigenvalue weighted by Crippen LogP contribution is 2.29. The molecule has 2 fully saturated rings. The molecule has 0 bridgehead atoms. The number of quaternary nitrogens is 1. The summed E-state index contributed by atoms with van der Waals surface area (Å²) in [6.45, 7) is 6.48. The maximum Gasteiger partial charge on any atom is 0.303 e. The second-order valence-corrected chi connectivity index (χ2v) is 4.07. The molecule has 1 spiro atoms. The lowest BCUT2D eigenvalue weighted by Crippen LogP contribution is -2.42. The molecule has 0 aliphatic carbocycles. The topological polar surface area (TPSA) is 26.3 Å². The van der Waals surface area contributed by atoms with Crippen molar-refractivity contribution in [2.45, 2.75) is 25.9 Å². The van der Waals surface area contributed by atoms with E-state index in [9.17, 15) is 4.79 Å². The van der Waals surface area contributed by atoms with E-state index in [0.717, 1.165) is 13.0 Å². The maximum absolute atomic E-state index is 10.7. The Bertz CT molecular complexity index is 199. The molecule has 2 aliphatic heterocycles. The van der Waals surface area contributed by atoms with Gasteiger partial charge in [0.1, 0.15) is 19.6 Å². The number of ether oxygens (including phenoxy) is 1.